The number of allylic oxidation sites excluding steroid dienone is 1. The van der Waals surface area contributed by atoms with E-state index in [0.717, 1.165) is 16.2 Å². The number of hydrogen-bond acceptors (Lipinski definition) is 7. The lowest BCUT2D eigenvalue weighted by atomic mass is 10.0. The normalized spacial score (nSPS) is 11.5. The number of aromatic nitrogens is 1. The van der Waals surface area contributed by atoms with Crippen molar-refractivity contribution >= 4 is 44.7 Å². The monoisotopic (exact) mass is 466 g/mol. The number of nitrogens with zero attached hydrogens (tertiary/aromatic N) is 2. The van der Waals surface area contributed by atoms with Crippen LogP contribution in [0.4, 0.5) is 0 Å². The second-order valence-electron chi connectivity index (χ2n) is 7.46. The summed E-state index contributed by atoms with van der Waals surface area (Å²) in [5.74, 6) is 1.25. The van der Waals surface area contributed by atoms with Crippen molar-refractivity contribution in [2.45, 2.75) is 0 Å². The van der Waals surface area contributed by atoms with Gasteiger partial charge in [0.15, 0.2) is 0 Å². The molecule has 0 unspecified atom stereocenters. The van der Waals surface area contributed by atoms with E-state index in [-0.39, 0.29) is 0 Å². The van der Waals surface area contributed by atoms with Crippen molar-refractivity contribution in [2.75, 3.05) is 14.2 Å². The first-order valence-electron chi connectivity index (χ1n) is 10.4. The van der Waals surface area contributed by atoms with Gasteiger partial charge in [-0.3, -0.25) is 0 Å². The fourth-order valence-corrected chi connectivity index (χ4v) is 4.61. The van der Waals surface area contributed by atoms with Gasteiger partial charge in [0.1, 0.15) is 28.2 Å². The molecule has 0 spiro atoms. The van der Waals surface area contributed by atoms with Gasteiger partial charge in [0.25, 0.3) is 0 Å². The van der Waals surface area contributed by atoms with Crippen LogP contribution in [-0.4, -0.2) is 19.2 Å². The number of rotatable bonds is 5. The Balaban J connectivity index is 1.60. The van der Waals surface area contributed by atoms with Crippen molar-refractivity contribution in [1.29, 1.82) is 5.26 Å². The molecule has 0 fully saturated rings. The standard InChI is InChI=1S/C27H18N2O4S/c1-31-19-8-10-24(32-2)17(12-19)11-18(14-28)26-29-23(15-34-26)22-13-21-20-6-4-3-5-16(20)7-9-25(21)33-27(22)30/h3-13,15H,1-2H3/b18-11-. The first-order chi connectivity index (χ1) is 16.6. The Hall–Kier alpha value is -4.41. The molecule has 0 aliphatic carbocycles. The molecule has 0 atom stereocenters. The Morgan fingerprint density at radius 1 is 1.06 bits per heavy atom. The van der Waals surface area contributed by atoms with Crippen LogP contribution in [0.2, 0.25) is 0 Å². The van der Waals surface area contributed by atoms with E-state index in [9.17, 15) is 10.1 Å². The van der Waals surface area contributed by atoms with Crippen molar-refractivity contribution in [3.05, 3.63) is 87.0 Å². The van der Waals surface area contributed by atoms with Gasteiger partial charge in [0.05, 0.1) is 31.1 Å². The molecule has 0 aliphatic rings. The van der Waals surface area contributed by atoms with Crippen LogP contribution in [0, 0.1) is 11.3 Å². The summed E-state index contributed by atoms with van der Waals surface area (Å²) in [5, 5.41) is 14.9. The fourth-order valence-electron chi connectivity index (χ4n) is 3.82. The third kappa shape index (κ3) is 3.81. The highest BCUT2D eigenvalue weighted by molar-refractivity contribution is 7.11. The first-order valence-corrected chi connectivity index (χ1v) is 11.2. The zero-order valence-corrected chi connectivity index (χ0v) is 19.2. The molecule has 0 saturated carbocycles. The molecule has 0 amide bonds. The summed E-state index contributed by atoms with van der Waals surface area (Å²) in [6.45, 7) is 0. The van der Waals surface area contributed by atoms with E-state index in [4.69, 9.17) is 13.9 Å². The predicted molar refractivity (Wildman–Crippen MR) is 134 cm³/mol. The predicted octanol–water partition coefficient (Wildman–Crippen LogP) is 6.15. The molecule has 6 nitrogen and oxygen atoms in total. The summed E-state index contributed by atoms with van der Waals surface area (Å²) in [5.41, 5.74) is 1.89. The molecule has 0 N–H and O–H groups in total. The fraction of sp³-hybridized carbons (Fsp3) is 0.0741. The average molecular weight is 467 g/mol. The third-order valence-corrected chi connectivity index (χ3v) is 6.39. The average Bonchev–Trinajstić information content (AvgIpc) is 3.36. The first kappa shape index (κ1) is 21.4. The number of ether oxygens (including phenoxy) is 2. The van der Waals surface area contributed by atoms with E-state index in [0.29, 0.717) is 44.5 Å². The lowest BCUT2D eigenvalue weighted by Crippen LogP contribution is -2.03. The quantitative estimate of drug-likeness (QED) is 0.175. The number of nitriles is 1. The van der Waals surface area contributed by atoms with Crippen LogP contribution in [0.25, 0.3) is 44.6 Å². The number of methoxy groups -OCH3 is 2. The minimum atomic E-state index is -0.475. The molecule has 166 valence electrons. The smallest absolute Gasteiger partial charge is 0.345 e. The molecule has 7 heteroatoms. The van der Waals surface area contributed by atoms with E-state index in [1.165, 1.54) is 11.3 Å². The minimum Gasteiger partial charge on any atom is -0.497 e. The summed E-state index contributed by atoms with van der Waals surface area (Å²) in [7, 11) is 3.14. The SMILES string of the molecule is COc1ccc(OC)c(/C=C(/C#N)c2nc(-c3cc4c(ccc5ccccc54)oc3=O)cs2)c1. The molecule has 0 radical (unpaired) electrons. The molecule has 3 aromatic carbocycles. The maximum absolute atomic E-state index is 12.8. The molecule has 0 aliphatic heterocycles. The maximum atomic E-state index is 12.8. The third-order valence-electron chi connectivity index (χ3n) is 5.51. The van der Waals surface area contributed by atoms with Crippen LogP contribution < -0.4 is 15.1 Å². The highest BCUT2D eigenvalue weighted by atomic mass is 32.1. The number of fused-ring (bicyclic) bond motifs is 3. The lowest BCUT2D eigenvalue weighted by molar-refractivity contribution is 0.402. The Bertz CT molecular complexity index is 1670. The lowest BCUT2D eigenvalue weighted by Gasteiger charge is -2.07. The number of benzene rings is 3. The highest BCUT2D eigenvalue weighted by Gasteiger charge is 2.15. The van der Waals surface area contributed by atoms with E-state index < -0.39 is 5.63 Å². The van der Waals surface area contributed by atoms with Gasteiger partial charge in [-0.15, -0.1) is 11.3 Å². The molecule has 34 heavy (non-hydrogen) atoms. The second kappa shape index (κ2) is 8.85. The van der Waals surface area contributed by atoms with E-state index in [2.05, 4.69) is 11.1 Å². The Kier molecular flexibility index (Phi) is 5.58. The summed E-state index contributed by atoms with van der Waals surface area (Å²) in [4.78, 5) is 17.3. The van der Waals surface area contributed by atoms with Crippen molar-refractivity contribution in [1.82, 2.24) is 4.98 Å². The van der Waals surface area contributed by atoms with Crippen LogP contribution in [0.1, 0.15) is 10.6 Å². The Labute approximate surface area is 198 Å². The summed E-state index contributed by atoms with van der Waals surface area (Å²) < 4.78 is 16.3. The molecule has 0 bridgehead atoms. The van der Waals surface area contributed by atoms with Crippen molar-refractivity contribution < 1.29 is 13.9 Å². The van der Waals surface area contributed by atoms with Gasteiger partial charge in [-0.1, -0.05) is 30.3 Å². The molecule has 2 heterocycles. The van der Waals surface area contributed by atoms with Gasteiger partial charge in [-0.05, 0) is 47.2 Å². The molecule has 5 aromatic rings. The summed E-state index contributed by atoms with van der Waals surface area (Å²) >= 11 is 1.28. The van der Waals surface area contributed by atoms with Crippen LogP contribution in [-0.2, 0) is 0 Å². The largest absolute Gasteiger partial charge is 0.497 e. The van der Waals surface area contributed by atoms with Crippen molar-refractivity contribution in [3.8, 4) is 28.8 Å². The molecule has 2 aromatic heterocycles. The molecule has 5 rings (SSSR count). The summed E-state index contributed by atoms with van der Waals surface area (Å²) in [6.07, 6.45) is 1.69. The number of hydrogen-bond donors (Lipinski definition) is 0. The maximum Gasteiger partial charge on any atom is 0.345 e. The highest BCUT2D eigenvalue weighted by Crippen LogP contribution is 2.32. The Morgan fingerprint density at radius 3 is 2.71 bits per heavy atom. The molecular formula is C27H18N2O4S. The van der Waals surface area contributed by atoms with Gasteiger partial charge >= 0.3 is 5.63 Å². The second-order valence-corrected chi connectivity index (χ2v) is 8.32. The van der Waals surface area contributed by atoms with E-state index in [1.807, 2.05) is 36.4 Å². The van der Waals surface area contributed by atoms with Crippen molar-refractivity contribution in [2.24, 2.45) is 0 Å². The molecular weight excluding hydrogens is 448 g/mol. The van der Waals surface area contributed by atoms with Gasteiger partial charge in [-0.2, -0.15) is 5.26 Å². The van der Waals surface area contributed by atoms with Gasteiger partial charge in [-0.25, -0.2) is 9.78 Å². The van der Waals surface area contributed by atoms with Gasteiger partial charge in [0, 0.05) is 16.3 Å². The zero-order chi connectivity index (χ0) is 23.7. The zero-order valence-electron chi connectivity index (χ0n) is 18.4. The van der Waals surface area contributed by atoms with Crippen molar-refractivity contribution in [3.63, 3.8) is 0 Å². The van der Waals surface area contributed by atoms with Crippen LogP contribution in [0.3, 0.4) is 0 Å². The summed E-state index contributed by atoms with van der Waals surface area (Å²) in [6, 6.07) is 21.0. The van der Waals surface area contributed by atoms with Gasteiger partial charge < -0.3 is 13.9 Å². The van der Waals surface area contributed by atoms with Crippen LogP contribution in [0.15, 0.2) is 75.3 Å². The number of thiazole rings is 1. The van der Waals surface area contributed by atoms with E-state index in [1.54, 1.807) is 49.9 Å². The van der Waals surface area contributed by atoms with E-state index >= 15 is 0 Å². The molecule has 0 saturated heterocycles. The minimum absolute atomic E-state index is 0.346. The van der Waals surface area contributed by atoms with Gasteiger partial charge in [0.2, 0.25) is 0 Å². The van der Waals surface area contributed by atoms with Crippen LogP contribution in [0.5, 0.6) is 11.5 Å². The van der Waals surface area contributed by atoms with Crippen LogP contribution >= 0.6 is 11.3 Å². The topological polar surface area (TPSA) is 85.3 Å². The Morgan fingerprint density at radius 2 is 1.91 bits per heavy atom.